The molecule has 0 unspecified atom stereocenters. The van der Waals surface area contributed by atoms with Crippen LogP contribution in [0.3, 0.4) is 0 Å². The van der Waals surface area contributed by atoms with E-state index in [-0.39, 0.29) is 5.78 Å². The molecule has 0 amide bonds. The van der Waals surface area contributed by atoms with Crippen LogP contribution >= 0.6 is 0 Å². The van der Waals surface area contributed by atoms with Gasteiger partial charge in [-0.1, -0.05) is 48.5 Å². The lowest BCUT2D eigenvalue weighted by Crippen LogP contribution is -2.33. The molecule has 0 aliphatic heterocycles. The highest BCUT2D eigenvalue weighted by molar-refractivity contribution is 5.99. The minimum Gasteiger partial charge on any atom is -0.380 e. The van der Waals surface area contributed by atoms with Crippen LogP contribution in [0.5, 0.6) is 0 Å². The van der Waals surface area contributed by atoms with Crippen molar-refractivity contribution in [3.63, 3.8) is 0 Å². The lowest BCUT2D eigenvalue weighted by molar-refractivity contribution is 0.0995. The van der Waals surface area contributed by atoms with E-state index in [0.29, 0.717) is 26.3 Å². The summed E-state index contributed by atoms with van der Waals surface area (Å²) in [5.41, 5.74) is 1.79. The third kappa shape index (κ3) is 4.72. The monoisotopic (exact) mass is 283 g/mol. The van der Waals surface area contributed by atoms with Crippen LogP contribution < -0.4 is 4.90 Å². The number of para-hydroxylation sites is 1. The number of hydrogen-bond acceptors (Lipinski definition) is 3. The Balaban J connectivity index is 2.07. The second-order valence-electron chi connectivity index (χ2n) is 4.74. The van der Waals surface area contributed by atoms with Crippen LogP contribution in [0.1, 0.15) is 17.3 Å². The average molecular weight is 283 g/mol. The molecule has 2 rings (SSSR count). The molecule has 0 aromatic heterocycles. The van der Waals surface area contributed by atoms with Crippen molar-refractivity contribution < 1.29 is 9.53 Å². The molecule has 0 N–H and O–H groups in total. The zero-order valence-electron chi connectivity index (χ0n) is 12.4. The molecule has 0 radical (unpaired) electrons. The van der Waals surface area contributed by atoms with E-state index in [2.05, 4.69) is 4.90 Å². The van der Waals surface area contributed by atoms with Gasteiger partial charge in [0.25, 0.3) is 0 Å². The van der Waals surface area contributed by atoms with Gasteiger partial charge in [-0.2, -0.15) is 0 Å². The van der Waals surface area contributed by atoms with Gasteiger partial charge in [0.1, 0.15) is 0 Å². The molecule has 3 heteroatoms. The van der Waals surface area contributed by atoms with Gasteiger partial charge in [0.05, 0.1) is 13.2 Å². The van der Waals surface area contributed by atoms with E-state index >= 15 is 0 Å². The molecule has 2 aromatic carbocycles. The Bertz CT molecular complexity index is 540. The number of anilines is 1. The van der Waals surface area contributed by atoms with E-state index in [0.717, 1.165) is 11.3 Å². The van der Waals surface area contributed by atoms with Gasteiger partial charge in [0.15, 0.2) is 5.78 Å². The predicted octanol–water partition coefficient (Wildman–Crippen LogP) is 3.41. The fourth-order valence-electron chi connectivity index (χ4n) is 2.15. The van der Waals surface area contributed by atoms with E-state index in [4.69, 9.17) is 4.74 Å². The number of hydrogen-bond donors (Lipinski definition) is 0. The number of carbonyl (C=O) groups is 1. The van der Waals surface area contributed by atoms with Crippen LogP contribution in [-0.2, 0) is 4.74 Å². The van der Waals surface area contributed by atoms with Gasteiger partial charge < -0.3 is 9.64 Å². The van der Waals surface area contributed by atoms with Crippen molar-refractivity contribution in [3.8, 4) is 0 Å². The van der Waals surface area contributed by atoms with Gasteiger partial charge in [-0.25, -0.2) is 0 Å². The third-order valence-corrected chi connectivity index (χ3v) is 3.26. The van der Waals surface area contributed by atoms with Crippen LogP contribution in [0.25, 0.3) is 0 Å². The highest BCUT2D eigenvalue weighted by atomic mass is 16.5. The molecular formula is C18H21NO2. The zero-order chi connectivity index (χ0) is 14.9. The molecular weight excluding hydrogens is 262 g/mol. The summed E-state index contributed by atoms with van der Waals surface area (Å²) in [5.74, 6) is 0.121. The molecule has 2 aromatic rings. The number of ether oxygens (including phenoxy) is 1. The Hall–Kier alpha value is -2.13. The van der Waals surface area contributed by atoms with Crippen LogP contribution in [0.2, 0.25) is 0 Å². The first-order valence-corrected chi connectivity index (χ1v) is 7.27. The normalized spacial score (nSPS) is 10.3. The van der Waals surface area contributed by atoms with Gasteiger partial charge in [-0.15, -0.1) is 0 Å². The first-order chi connectivity index (χ1) is 10.3. The SMILES string of the molecule is CCOCCN(CC(=O)c1ccccc1)c1ccccc1. The Morgan fingerprint density at radius 2 is 1.62 bits per heavy atom. The van der Waals surface area contributed by atoms with Crippen molar-refractivity contribution in [2.45, 2.75) is 6.92 Å². The second-order valence-corrected chi connectivity index (χ2v) is 4.74. The summed E-state index contributed by atoms with van der Waals surface area (Å²) in [4.78, 5) is 14.4. The second kappa shape index (κ2) is 8.22. The molecule has 0 heterocycles. The van der Waals surface area contributed by atoms with Gasteiger partial charge in [0, 0.05) is 24.4 Å². The Morgan fingerprint density at radius 3 is 2.24 bits per heavy atom. The maximum Gasteiger partial charge on any atom is 0.182 e. The van der Waals surface area contributed by atoms with Gasteiger partial charge in [0.2, 0.25) is 0 Å². The summed E-state index contributed by atoms with van der Waals surface area (Å²) in [7, 11) is 0. The van der Waals surface area contributed by atoms with Crippen LogP contribution in [0.4, 0.5) is 5.69 Å². The minimum atomic E-state index is 0.121. The summed E-state index contributed by atoms with van der Waals surface area (Å²) < 4.78 is 5.42. The molecule has 0 fully saturated rings. The van der Waals surface area contributed by atoms with Crippen molar-refractivity contribution in [2.24, 2.45) is 0 Å². The summed E-state index contributed by atoms with van der Waals surface area (Å²) in [6.07, 6.45) is 0. The molecule has 21 heavy (non-hydrogen) atoms. The lowest BCUT2D eigenvalue weighted by atomic mass is 10.1. The predicted molar refractivity (Wildman–Crippen MR) is 85.9 cm³/mol. The van der Waals surface area contributed by atoms with Crippen molar-refractivity contribution in [3.05, 3.63) is 66.2 Å². The highest BCUT2D eigenvalue weighted by Crippen LogP contribution is 2.14. The van der Waals surface area contributed by atoms with Gasteiger partial charge >= 0.3 is 0 Å². The van der Waals surface area contributed by atoms with Gasteiger partial charge in [-0.3, -0.25) is 4.79 Å². The van der Waals surface area contributed by atoms with E-state index in [1.807, 2.05) is 67.6 Å². The number of carbonyl (C=O) groups excluding carboxylic acids is 1. The summed E-state index contributed by atoms with van der Waals surface area (Å²) in [5, 5.41) is 0. The standard InChI is InChI=1S/C18H21NO2/c1-2-21-14-13-19(17-11-7-4-8-12-17)15-18(20)16-9-5-3-6-10-16/h3-12H,2,13-15H2,1H3. The highest BCUT2D eigenvalue weighted by Gasteiger charge is 2.12. The van der Waals surface area contributed by atoms with Crippen molar-refractivity contribution >= 4 is 11.5 Å². The molecule has 3 nitrogen and oxygen atoms in total. The average Bonchev–Trinajstić information content (AvgIpc) is 2.55. The molecule has 0 aliphatic rings. The lowest BCUT2D eigenvalue weighted by Gasteiger charge is -2.24. The van der Waals surface area contributed by atoms with E-state index in [9.17, 15) is 4.79 Å². The van der Waals surface area contributed by atoms with Crippen LogP contribution in [-0.4, -0.2) is 32.1 Å². The molecule has 0 saturated heterocycles. The Kier molecular flexibility index (Phi) is 5.98. The Morgan fingerprint density at radius 1 is 1.00 bits per heavy atom. The quantitative estimate of drug-likeness (QED) is 0.549. The van der Waals surface area contributed by atoms with Crippen molar-refractivity contribution in [1.29, 1.82) is 0 Å². The summed E-state index contributed by atoms with van der Waals surface area (Å²) >= 11 is 0. The fraction of sp³-hybridized carbons (Fsp3) is 0.278. The van der Waals surface area contributed by atoms with Gasteiger partial charge in [-0.05, 0) is 19.1 Å². The first kappa shape index (κ1) is 15.3. The summed E-state index contributed by atoms with van der Waals surface area (Å²) in [6, 6.07) is 19.4. The number of nitrogens with zero attached hydrogens (tertiary/aromatic N) is 1. The van der Waals surface area contributed by atoms with Crippen LogP contribution in [0, 0.1) is 0 Å². The minimum absolute atomic E-state index is 0.121. The molecule has 110 valence electrons. The van der Waals surface area contributed by atoms with Crippen molar-refractivity contribution in [2.75, 3.05) is 31.2 Å². The topological polar surface area (TPSA) is 29.5 Å². The number of ketones is 1. The Labute approximate surface area is 126 Å². The first-order valence-electron chi connectivity index (χ1n) is 7.27. The smallest absolute Gasteiger partial charge is 0.182 e. The fourth-order valence-corrected chi connectivity index (χ4v) is 2.15. The molecule has 0 bridgehead atoms. The maximum absolute atomic E-state index is 12.4. The maximum atomic E-state index is 12.4. The number of rotatable bonds is 8. The molecule has 0 atom stereocenters. The van der Waals surface area contributed by atoms with Crippen LogP contribution in [0.15, 0.2) is 60.7 Å². The van der Waals surface area contributed by atoms with Crippen molar-refractivity contribution in [1.82, 2.24) is 0 Å². The molecule has 0 saturated carbocycles. The summed E-state index contributed by atoms with van der Waals surface area (Å²) in [6.45, 7) is 4.35. The van der Waals surface area contributed by atoms with E-state index in [1.165, 1.54) is 0 Å². The molecule has 0 aliphatic carbocycles. The largest absolute Gasteiger partial charge is 0.380 e. The van der Waals surface area contributed by atoms with E-state index in [1.54, 1.807) is 0 Å². The van der Waals surface area contributed by atoms with E-state index < -0.39 is 0 Å². The molecule has 0 spiro atoms. The third-order valence-electron chi connectivity index (χ3n) is 3.26. The zero-order valence-corrected chi connectivity index (χ0v) is 12.4. The number of Topliss-reactive ketones (excluding diaryl/α,β-unsaturated/α-hetero) is 1. The number of benzene rings is 2.